The average Bonchev–Trinajstić information content (AvgIpc) is 3.17. The number of aromatic nitrogens is 2. The minimum atomic E-state index is -0.703. The molecule has 25 heavy (non-hydrogen) atoms. The van der Waals surface area contributed by atoms with Gasteiger partial charge in [0.2, 0.25) is 0 Å². The maximum atomic E-state index is 8.82. The molecule has 0 bridgehead atoms. The first kappa shape index (κ1) is 20.7. The fourth-order valence-corrected chi connectivity index (χ4v) is 11.6. The van der Waals surface area contributed by atoms with Crippen molar-refractivity contribution in [1.29, 1.82) is 0 Å². The summed E-state index contributed by atoms with van der Waals surface area (Å²) in [7, 11) is 0. The van der Waals surface area contributed by atoms with E-state index in [1.165, 1.54) is 64.0 Å². The van der Waals surface area contributed by atoms with E-state index in [2.05, 4.69) is 41.5 Å². The van der Waals surface area contributed by atoms with Crippen molar-refractivity contribution < 1.29 is 5.21 Å². The van der Waals surface area contributed by atoms with Gasteiger partial charge in [0.25, 0.3) is 0 Å². The third kappa shape index (κ3) is 5.71. The molecule has 0 unspecified atom stereocenters. The van der Waals surface area contributed by atoms with Gasteiger partial charge in [0.1, 0.15) is 0 Å². The van der Waals surface area contributed by atoms with Crippen LogP contribution >= 0.6 is 11.3 Å². The molecule has 4 nitrogen and oxygen atoms in total. The third-order valence-corrected chi connectivity index (χ3v) is 12.1. The Morgan fingerprint density at radius 1 is 1.16 bits per heavy atom. The van der Waals surface area contributed by atoms with Gasteiger partial charge in [0.05, 0.1) is 0 Å². The molecule has 0 spiro atoms. The molecule has 0 amide bonds. The van der Waals surface area contributed by atoms with E-state index in [1.807, 2.05) is 17.7 Å². The maximum absolute atomic E-state index is 8.82. The van der Waals surface area contributed by atoms with Crippen molar-refractivity contribution in [2.45, 2.75) is 82.0 Å². The molecule has 0 saturated carbocycles. The summed E-state index contributed by atoms with van der Waals surface area (Å²) in [6.45, 7) is 6.95. The Bertz CT molecular complexity index is 643. The minimum absolute atomic E-state index is 0.604. The van der Waals surface area contributed by atoms with Gasteiger partial charge in [-0.05, 0) is 0 Å². The van der Waals surface area contributed by atoms with Crippen LogP contribution in [0.5, 0.6) is 0 Å². The Labute approximate surface area is 166 Å². The average molecular weight is 468 g/mol. The fraction of sp³-hybridized carbons (Fsp3) is 0.684. The molecule has 0 aliphatic heterocycles. The Hall–Kier alpha value is -0.561. The second-order valence-corrected chi connectivity index (χ2v) is 14.2. The molecule has 2 aromatic rings. The van der Waals surface area contributed by atoms with Gasteiger partial charge in [-0.1, -0.05) is 0 Å². The van der Waals surface area contributed by atoms with Gasteiger partial charge < -0.3 is 0 Å². The molecule has 2 aromatic heterocycles. The first-order chi connectivity index (χ1) is 12.2. The molecule has 2 radical (unpaired) electrons. The van der Waals surface area contributed by atoms with Crippen LogP contribution in [0.1, 0.15) is 84.3 Å². The zero-order valence-corrected chi connectivity index (χ0v) is 19.5. The van der Waals surface area contributed by atoms with E-state index in [4.69, 9.17) is 5.21 Å². The summed E-state index contributed by atoms with van der Waals surface area (Å²) in [5, 5.41) is 12.0. The van der Waals surface area contributed by atoms with E-state index < -0.39 is 21.1 Å². The zero-order chi connectivity index (χ0) is 18.1. The Balaban J connectivity index is 2.26. The van der Waals surface area contributed by atoms with Crippen molar-refractivity contribution in [3.8, 4) is 0 Å². The van der Waals surface area contributed by atoms with E-state index in [9.17, 15) is 0 Å². The van der Waals surface area contributed by atoms with Gasteiger partial charge in [-0.15, -0.1) is 0 Å². The van der Waals surface area contributed by atoms with Crippen LogP contribution in [-0.2, 0) is 0 Å². The number of hydrogen-bond donors (Lipinski definition) is 1. The van der Waals surface area contributed by atoms with Gasteiger partial charge in [-0.25, -0.2) is 0 Å². The molecule has 2 heterocycles. The van der Waals surface area contributed by atoms with Crippen LogP contribution in [-0.4, -0.2) is 41.9 Å². The van der Waals surface area contributed by atoms with Gasteiger partial charge in [0, 0.05) is 0 Å². The quantitative estimate of drug-likeness (QED) is 0.200. The Kier molecular flexibility index (Phi) is 8.76. The molecule has 0 aliphatic rings. The normalized spacial score (nSPS) is 12.6. The van der Waals surface area contributed by atoms with Crippen molar-refractivity contribution in [3.05, 3.63) is 18.2 Å². The third-order valence-electron chi connectivity index (χ3n) is 4.83. The van der Waals surface area contributed by atoms with Gasteiger partial charge in [-0.3, -0.25) is 0 Å². The molecule has 138 valence electrons. The van der Waals surface area contributed by atoms with Crippen LogP contribution in [0.15, 0.2) is 17.7 Å². The van der Waals surface area contributed by atoms with Crippen LogP contribution in [0.3, 0.4) is 0 Å². The standard InChI is InChI=1S/C13H27.C6H4N3OS.Sn/c1-4-7-10-13(11-8-5-2)12-9-6-3;10-8-3-5-6-9(4-7-5)1-2-11-6;/h4-12H2,1-3H3;1,3-4,10H;. The number of imidazole rings is 1. The number of rotatable bonds is 12. The summed E-state index contributed by atoms with van der Waals surface area (Å²) in [5.41, 5.74) is 0.777. The fourth-order valence-electron chi connectivity index (χ4n) is 3.39. The second-order valence-electron chi connectivity index (χ2n) is 6.90. The predicted molar refractivity (Wildman–Crippen MR) is 109 cm³/mol. The summed E-state index contributed by atoms with van der Waals surface area (Å²) >= 11 is 1.17. The molecule has 2 rings (SSSR count). The van der Waals surface area contributed by atoms with Crippen LogP contribution in [0, 0.1) is 0 Å². The van der Waals surface area contributed by atoms with E-state index in [0.717, 1.165) is 10.5 Å². The second kappa shape index (κ2) is 10.6. The molecular weight excluding hydrogens is 437 g/mol. The van der Waals surface area contributed by atoms with E-state index >= 15 is 0 Å². The van der Waals surface area contributed by atoms with Gasteiger partial charge in [0.15, 0.2) is 0 Å². The molecule has 0 saturated heterocycles. The molecule has 1 N–H and O–H groups in total. The summed E-state index contributed by atoms with van der Waals surface area (Å²) < 4.78 is 4.31. The van der Waals surface area contributed by atoms with Gasteiger partial charge >= 0.3 is 166 Å². The molecule has 6 heteroatoms. The molecule has 0 aliphatic carbocycles. The van der Waals surface area contributed by atoms with Crippen molar-refractivity contribution in [2.75, 3.05) is 0 Å². The number of fused-ring (bicyclic) bond motifs is 1. The van der Waals surface area contributed by atoms with Gasteiger partial charge in [-0.2, -0.15) is 0 Å². The number of nitrogens with zero attached hydrogens (tertiary/aromatic N) is 3. The Morgan fingerprint density at radius 3 is 2.28 bits per heavy atom. The number of thiazole rings is 1. The molecule has 0 aromatic carbocycles. The summed E-state index contributed by atoms with van der Waals surface area (Å²) in [6, 6.07) is 0. The Morgan fingerprint density at radius 2 is 1.76 bits per heavy atom. The first-order valence-electron chi connectivity index (χ1n) is 9.60. The van der Waals surface area contributed by atoms with Crippen molar-refractivity contribution in [3.63, 3.8) is 0 Å². The van der Waals surface area contributed by atoms with Crippen LogP contribution in [0.2, 0.25) is 3.43 Å². The van der Waals surface area contributed by atoms with E-state index in [1.54, 1.807) is 2.89 Å². The topological polar surface area (TPSA) is 49.9 Å². The van der Waals surface area contributed by atoms with Crippen LogP contribution < -0.4 is 2.89 Å². The van der Waals surface area contributed by atoms with E-state index in [-0.39, 0.29) is 0 Å². The number of unbranched alkanes of at least 4 members (excludes halogenated alkanes) is 3. The summed E-state index contributed by atoms with van der Waals surface area (Å²) in [5.74, 6) is 0. The molecule has 0 atom stereocenters. The first-order valence-corrected chi connectivity index (χ1v) is 13.3. The van der Waals surface area contributed by atoms with Crippen LogP contribution in [0.25, 0.3) is 4.83 Å². The SMILES string of the molecule is CCCC[C](CCCC)(CCCC)[Sn][c]1cn2cnc(C=NO)c2s1. The predicted octanol–water partition coefficient (Wildman–Crippen LogP) is 5.26. The summed E-state index contributed by atoms with van der Waals surface area (Å²) in [4.78, 5) is 5.43. The molecule has 0 fully saturated rings. The van der Waals surface area contributed by atoms with Crippen molar-refractivity contribution in [2.24, 2.45) is 5.16 Å². The number of oxime groups is 1. The summed E-state index contributed by atoms with van der Waals surface area (Å²) in [6.07, 6.45) is 17.8. The van der Waals surface area contributed by atoms with Crippen molar-refractivity contribution in [1.82, 2.24) is 9.38 Å². The van der Waals surface area contributed by atoms with E-state index in [0.29, 0.717) is 3.43 Å². The number of hydrogen-bond acceptors (Lipinski definition) is 4. The molecular formula is C19H31N3OSSn. The van der Waals surface area contributed by atoms with Crippen LogP contribution in [0.4, 0.5) is 0 Å². The zero-order valence-electron chi connectivity index (χ0n) is 15.8. The van der Waals surface area contributed by atoms with Crippen molar-refractivity contribution >= 4 is 46.4 Å². The monoisotopic (exact) mass is 469 g/mol.